The van der Waals surface area contributed by atoms with Crippen molar-refractivity contribution in [2.75, 3.05) is 20.1 Å². The van der Waals surface area contributed by atoms with Gasteiger partial charge in [-0.25, -0.2) is 0 Å². The molecule has 0 amide bonds. The fourth-order valence-electron chi connectivity index (χ4n) is 1.85. The van der Waals surface area contributed by atoms with Gasteiger partial charge in [-0.05, 0) is 19.3 Å². The third-order valence-corrected chi connectivity index (χ3v) is 2.75. The Labute approximate surface area is 67.3 Å². The molecule has 1 fully saturated rings. The summed E-state index contributed by atoms with van der Waals surface area (Å²) in [5.74, 6) is 1.14. The molecule has 0 spiro atoms. The largest absolute Gasteiger partial charge is 0.360 e. The van der Waals surface area contributed by atoms with E-state index in [1.807, 2.05) is 0 Å². The number of nitrogens with two attached hydrogens (primary N) is 1. The summed E-state index contributed by atoms with van der Waals surface area (Å²) in [6.45, 7) is 1.99. The van der Waals surface area contributed by atoms with Crippen LogP contribution in [0.2, 0.25) is 0 Å². The van der Waals surface area contributed by atoms with Gasteiger partial charge in [0.15, 0.2) is 0 Å². The molecule has 0 unspecified atom stereocenters. The van der Waals surface area contributed by atoms with Crippen LogP contribution in [0, 0.1) is 0 Å². The molecule has 2 N–H and O–H groups in total. The van der Waals surface area contributed by atoms with E-state index in [9.17, 15) is 0 Å². The molecule has 62 valence electrons. The van der Waals surface area contributed by atoms with Crippen molar-refractivity contribution in [3.8, 4) is 0 Å². The summed E-state index contributed by atoms with van der Waals surface area (Å²) in [6.07, 6.45) is 3.51. The molecular formula is C8H15N3. The number of hydrogen-bond donors (Lipinski definition) is 1. The first kappa shape index (κ1) is 7.10. The lowest BCUT2D eigenvalue weighted by atomic mass is 9.76. The average molecular weight is 153 g/mol. The minimum absolute atomic E-state index is 0.0503. The first-order valence-corrected chi connectivity index (χ1v) is 4.27. The molecule has 0 aromatic heterocycles. The van der Waals surface area contributed by atoms with Crippen LogP contribution in [0.1, 0.15) is 19.3 Å². The van der Waals surface area contributed by atoms with E-state index < -0.39 is 0 Å². The van der Waals surface area contributed by atoms with Crippen LogP contribution in [-0.4, -0.2) is 36.4 Å². The van der Waals surface area contributed by atoms with Gasteiger partial charge in [0.05, 0.1) is 12.1 Å². The number of rotatable bonds is 1. The summed E-state index contributed by atoms with van der Waals surface area (Å²) < 4.78 is 0. The lowest BCUT2D eigenvalue weighted by Gasteiger charge is -2.40. The van der Waals surface area contributed by atoms with Gasteiger partial charge in [-0.2, -0.15) is 0 Å². The summed E-state index contributed by atoms with van der Waals surface area (Å²) >= 11 is 0. The summed E-state index contributed by atoms with van der Waals surface area (Å²) in [5, 5.41) is 0. The second kappa shape index (κ2) is 2.21. The smallest absolute Gasteiger partial charge is 0.119 e. The second-order valence-corrected chi connectivity index (χ2v) is 3.64. The summed E-state index contributed by atoms with van der Waals surface area (Å²) in [4.78, 5) is 6.62. The Bertz CT molecular complexity index is 194. The predicted molar refractivity (Wildman–Crippen MR) is 45.7 cm³/mol. The number of amidine groups is 1. The third-order valence-electron chi connectivity index (χ3n) is 2.75. The second-order valence-electron chi connectivity index (χ2n) is 3.64. The molecule has 0 aromatic rings. The molecule has 1 aliphatic heterocycles. The highest BCUT2D eigenvalue weighted by Gasteiger charge is 2.40. The molecule has 11 heavy (non-hydrogen) atoms. The summed E-state index contributed by atoms with van der Waals surface area (Å²) in [6, 6.07) is 0. The van der Waals surface area contributed by atoms with Crippen molar-refractivity contribution in [1.29, 1.82) is 0 Å². The maximum absolute atomic E-state index is 6.13. The van der Waals surface area contributed by atoms with E-state index in [2.05, 4.69) is 16.9 Å². The van der Waals surface area contributed by atoms with Crippen molar-refractivity contribution in [2.24, 2.45) is 10.7 Å². The van der Waals surface area contributed by atoms with Crippen LogP contribution in [-0.2, 0) is 0 Å². The third kappa shape index (κ3) is 0.948. The van der Waals surface area contributed by atoms with Gasteiger partial charge in [-0.1, -0.05) is 0 Å². The van der Waals surface area contributed by atoms with Crippen LogP contribution in [0.3, 0.4) is 0 Å². The van der Waals surface area contributed by atoms with E-state index >= 15 is 0 Å². The highest BCUT2D eigenvalue weighted by Crippen LogP contribution is 2.32. The Morgan fingerprint density at radius 1 is 1.55 bits per heavy atom. The fraction of sp³-hybridized carbons (Fsp3) is 0.875. The van der Waals surface area contributed by atoms with Crippen LogP contribution < -0.4 is 5.73 Å². The highest BCUT2D eigenvalue weighted by molar-refractivity contribution is 5.93. The van der Waals surface area contributed by atoms with E-state index in [1.165, 1.54) is 6.42 Å². The monoisotopic (exact) mass is 153 g/mol. The van der Waals surface area contributed by atoms with Gasteiger partial charge in [0.2, 0.25) is 0 Å². The highest BCUT2D eigenvalue weighted by atomic mass is 15.2. The zero-order valence-corrected chi connectivity index (χ0v) is 7.01. The summed E-state index contributed by atoms with van der Waals surface area (Å²) in [7, 11) is 2.08. The van der Waals surface area contributed by atoms with Crippen LogP contribution >= 0.6 is 0 Å². The Kier molecular flexibility index (Phi) is 1.42. The van der Waals surface area contributed by atoms with Crippen molar-refractivity contribution < 1.29 is 0 Å². The van der Waals surface area contributed by atoms with Gasteiger partial charge in [0.1, 0.15) is 5.84 Å². The number of hydrogen-bond acceptors (Lipinski definition) is 3. The van der Waals surface area contributed by atoms with E-state index in [0.717, 1.165) is 31.8 Å². The van der Waals surface area contributed by atoms with E-state index in [0.29, 0.717) is 0 Å². The molecular weight excluding hydrogens is 138 g/mol. The zero-order valence-electron chi connectivity index (χ0n) is 7.01. The van der Waals surface area contributed by atoms with Crippen molar-refractivity contribution in [1.82, 2.24) is 4.90 Å². The normalized spacial score (nSPS) is 28.2. The van der Waals surface area contributed by atoms with Crippen molar-refractivity contribution in [3.05, 3.63) is 0 Å². The number of likely N-dealkylation sites (N-methyl/N-ethyl adjacent to an activating group) is 1. The Morgan fingerprint density at radius 3 is 2.64 bits per heavy atom. The van der Waals surface area contributed by atoms with Gasteiger partial charge in [0.25, 0.3) is 0 Å². The van der Waals surface area contributed by atoms with Gasteiger partial charge in [-0.3, -0.25) is 4.99 Å². The molecule has 1 heterocycles. The lowest BCUT2D eigenvalue weighted by molar-refractivity contribution is 0.316. The Hall–Kier alpha value is -0.570. The van der Waals surface area contributed by atoms with Gasteiger partial charge < -0.3 is 10.6 Å². The molecule has 2 aliphatic rings. The van der Waals surface area contributed by atoms with Crippen LogP contribution in [0.4, 0.5) is 0 Å². The first-order chi connectivity index (χ1) is 5.22. The maximum Gasteiger partial charge on any atom is 0.119 e. The molecule has 3 heteroatoms. The lowest BCUT2D eigenvalue weighted by Crippen LogP contribution is -2.57. The van der Waals surface area contributed by atoms with Crippen LogP contribution in [0.15, 0.2) is 4.99 Å². The van der Waals surface area contributed by atoms with Crippen LogP contribution in [0.25, 0.3) is 0 Å². The topological polar surface area (TPSA) is 41.6 Å². The Balaban J connectivity index is 2.14. The number of nitrogens with zero attached hydrogens (tertiary/aromatic N) is 2. The van der Waals surface area contributed by atoms with Crippen molar-refractivity contribution in [2.45, 2.75) is 24.8 Å². The molecule has 1 saturated carbocycles. The fourth-order valence-corrected chi connectivity index (χ4v) is 1.85. The average Bonchev–Trinajstić information content (AvgIpc) is 2.30. The maximum atomic E-state index is 6.13. The first-order valence-electron chi connectivity index (χ1n) is 4.27. The molecule has 0 bridgehead atoms. The van der Waals surface area contributed by atoms with Crippen molar-refractivity contribution in [3.63, 3.8) is 0 Å². The van der Waals surface area contributed by atoms with E-state index in [1.54, 1.807) is 0 Å². The predicted octanol–water partition coefficient (Wildman–Crippen LogP) is 0.212. The number of aliphatic imine (C=N–C) groups is 1. The molecule has 0 aromatic carbocycles. The van der Waals surface area contributed by atoms with Crippen molar-refractivity contribution >= 4 is 5.84 Å². The molecule has 1 aliphatic carbocycles. The molecule has 2 rings (SSSR count). The molecule has 0 saturated heterocycles. The molecule has 3 nitrogen and oxygen atoms in total. The van der Waals surface area contributed by atoms with Gasteiger partial charge >= 0.3 is 0 Å². The minimum Gasteiger partial charge on any atom is -0.360 e. The summed E-state index contributed by atoms with van der Waals surface area (Å²) in [5.41, 5.74) is 6.08. The standard InChI is InChI=1S/C8H15N3/c1-11-6-5-10-7(11)8(9)3-2-4-8/h2-6,9H2,1H3. The van der Waals surface area contributed by atoms with Gasteiger partial charge in [0, 0.05) is 13.6 Å². The minimum atomic E-state index is -0.0503. The SMILES string of the molecule is CN1CCN=C1C1(N)CCC1. The van der Waals surface area contributed by atoms with Crippen LogP contribution in [0.5, 0.6) is 0 Å². The quantitative estimate of drug-likeness (QED) is 0.585. The molecule has 0 radical (unpaired) electrons. The van der Waals surface area contributed by atoms with E-state index in [-0.39, 0.29) is 5.54 Å². The molecule has 0 atom stereocenters. The Morgan fingerprint density at radius 2 is 2.27 bits per heavy atom. The zero-order chi connectivity index (χ0) is 7.90. The van der Waals surface area contributed by atoms with Gasteiger partial charge in [-0.15, -0.1) is 0 Å². The van der Waals surface area contributed by atoms with E-state index in [4.69, 9.17) is 5.73 Å².